The first-order valence-corrected chi connectivity index (χ1v) is 7.10. The van der Waals surface area contributed by atoms with Gasteiger partial charge in [0.25, 0.3) is 0 Å². The van der Waals surface area contributed by atoms with E-state index in [9.17, 15) is 0 Å². The fourth-order valence-electron chi connectivity index (χ4n) is 3.01. The number of aromatic nitrogens is 1. The molecule has 1 aromatic heterocycles. The molecule has 1 aliphatic rings. The van der Waals surface area contributed by atoms with Crippen LogP contribution in [0.5, 0.6) is 0 Å². The lowest BCUT2D eigenvalue weighted by atomic mass is 10.1. The van der Waals surface area contributed by atoms with Gasteiger partial charge in [0.2, 0.25) is 0 Å². The van der Waals surface area contributed by atoms with Gasteiger partial charge in [0.15, 0.2) is 0 Å². The molecule has 1 aliphatic heterocycles. The van der Waals surface area contributed by atoms with Gasteiger partial charge in [-0.2, -0.15) is 0 Å². The molecule has 5 nitrogen and oxygen atoms in total. The smallest absolute Gasteiger partial charge is 0.102 e. The van der Waals surface area contributed by atoms with Gasteiger partial charge in [0.05, 0.1) is 5.52 Å². The van der Waals surface area contributed by atoms with Crippen molar-refractivity contribution in [3.05, 3.63) is 30.0 Å². The zero-order chi connectivity index (χ0) is 15.0. The Morgan fingerprint density at radius 2 is 1.81 bits per heavy atom. The van der Waals surface area contributed by atoms with Gasteiger partial charge in [-0.15, -0.1) is 0 Å². The van der Waals surface area contributed by atoms with Gasteiger partial charge in [0.1, 0.15) is 12.2 Å². The Labute approximate surface area is 124 Å². The van der Waals surface area contributed by atoms with E-state index in [4.69, 9.17) is 15.2 Å². The Morgan fingerprint density at radius 1 is 1.14 bits per heavy atom. The molecule has 1 saturated heterocycles. The molecule has 112 valence electrons. The Balaban J connectivity index is 2.06. The van der Waals surface area contributed by atoms with Crippen LogP contribution in [0.2, 0.25) is 0 Å². The summed E-state index contributed by atoms with van der Waals surface area (Å²) in [5.74, 6) is 0. The molecule has 0 bridgehead atoms. The minimum absolute atomic E-state index is 0.0829. The van der Waals surface area contributed by atoms with E-state index in [-0.39, 0.29) is 12.2 Å². The van der Waals surface area contributed by atoms with E-state index in [1.807, 2.05) is 25.1 Å². The van der Waals surface area contributed by atoms with E-state index in [0.29, 0.717) is 0 Å². The molecule has 2 heterocycles. The van der Waals surface area contributed by atoms with Gasteiger partial charge in [-0.05, 0) is 31.2 Å². The van der Waals surface area contributed by atoms with Crippen LogP contribution < -0.4 is 10.6 Å². The summed E-state index contributed by atoms with van der Waals surface area (Å²) < 4.78 is 11.1. The van der Waals surface area contributed by atoms with Crippen LogP contribution in [0.3, 0.4) is 0 Å². The van der Waals surface area contributed by atoms with Crippen LogP contribution in [0.25, 0.3) is 10.9 Å². The quantitative estimate of drug-likeness (QED) is 0.875. The second-order valence-electron chi connectivity index (χ2n) is 5.51. The lowest BCUT2D eigenvalue weighted by molar-refractivity contribution is -0.00461. The summed E-state index contributed by atoms with van der Waals surface area (Å²) in [5.41, 5.74) is 9.80. The van der Waals surface area contributed by atoms with Crippen LogP contribution in [0.1, 0.15) is 5.69 Å². The third-order valence-corrected chi connectivity index (χ3v) is 4.10. The fourth-order valence-corrected chi connectivity index (χ4v) is 3.01. The molecular weight excluding hydrogens is 266 g/mol. The predicted molar refractivity (Wildman–Crippen MR) is 84.7 cm³/mol. The first kappa shape index (κ1) is 14.1. The zero-order valence-electron chi connectivity index (χ0n) is 12.7. The maximum absolute atomic E-state index is 5.94. The van der Waals surface area contributed by atoms with Gasteiger partial charge in [-0.1, -0.05) is 0 Å². The molecule has 0 spiro atoms. The first-order chi connectivity index (χ1) is 10.1. The van der Waals surface area contributed by atoms with E-state index in [2.05, 4.69) is 16.0 Å². The molecule has 1 aromatic carbocycles. The molecule has 0 aliphatic carbocycles. The average Bonchev–Trinajstić information content (AvgIpc) is 2.90. The van der Waals surface area contributed by atoms with Crippen LogP contribution >= 0.6 is 0 Å². The summed E-state index contributed by atoms with van der Waals surface area (Å²) in [7, 11) is 3.46. The highest BCUT2D eigenvalue weighted by molar-refractivity contribution is 5.94. The average molecular weight is 287 g/mol. The maximum atomic E-state index is 5.94. The molecule has 2 N–H and O–H groups in total. The number of pyridine rings is 1. The van der Waals surface area contributed by atoms with Crippen molar-refractivity contribution in [1.82, 2.24) is 4.98 Å². The standard InChI is InChI=1S/C16H21N3O2/c1-10-6-14(12-7-11(17)4-5-13(12)18-10)19-8-15(20-2)16(9-19)21-3/h4-7,15-16H,8-9,17H2,1-3H3. The molecule has 0 radical (unpaired) electrons. The Hall–Kier alpha value is -1.85. The van der Waals surface area contributed by atoms with Crippen LogP contribution in [0.4, 0.5) is 11.4 Å². The normalized spacial score (nSPS) is 22.1. The summed E-state index contributed by atoms with van der Waals surface area (Å²) in [6.45, 7) is 3.63. The highest BCUT2D eigenvalue weighted by atomic mass is 16.5. The van der Waals surface area contributed by atoms with Gasteiger partial charge in [0, 0.05) is 49.8 Å². The number of ether oxygens (including phenoxy) is 2. The maximum Gasteiger partial charge on any atom is 0.102 e. The number of aryl methyl sites for hydroxylation is 1. The summed E-state index contributed by atoms with van der Waals surface area (Å²) in [5, 5.41) is 1.08. The number of methoxy groups -OCH3 is 2. The van der Waals surface area contributed by atoms with Crippen LogP contribution in [0, 0.1) is 6.92 Å². The van der Waals surface area contributed by atoms with Crippen molar-refractivity contribution in [3.63, 3.8) is 0 Å². The van der Waals surface area contributed by atoms with E-state index < -0.39 is 0 Å². The number of benzene rings is 1. The van der Waals surface area contributed by atoms with Crippen molar-refractivity contribution in [3.8, 4) is 0 Å². The fraction of sp³-hybridized carbons (Fsp3) is 0.438. The lowest BCUT2D eigenvalue weighted by Gasteiger charge is -2.21. The molecule has 2 unspecified atom stereocenters. The van der Waals surface area contributed by atoms with Crippen molar-refractivity contribution in [2.24, 2.45) is 0 Å². The van der Waals surface area contributed by atoms with Crippen molar-refractivity contribution >= 4 is 22.3 Å². The van der Waals surface area contributed by atoms with Crippen molar-refractivity contribution < 1.29 is 9.47 Å². The van der Waals surface area contributed by atoms with Crippen LogP contribution in [-0.4, -0.2) is 44.5 Å². The summed E-state index contributed by atoms with van der Waals surface area (Å²) in [6, 6.07) is 7.95. The number of nitrogen functional groups attached to an aromatic ring is 1. The number of anilines is 2. The van der Waals surface area contributed by atoms with Gasteiger partial charge in [-0.25, -0.2) is 0 Å². The molecule has 1 fully saturated rings. The Bertz CT molecular complexity index is 647. The monoisotopic (exact) mass is 287 g/mol. The van der Waals surface area contributed by atoms with Gasteiger partial charge >= 0.3 is 0 Å². The lowest BCUT2D eigenvalue weighted by Crippen LogP contribution is -2.27. The van der Waals surface area contributed by atoms with E-state index in [1.54, 1.807) is 14.2 Å². The largest absolute Gasteiger partial charge is 0.399 e. The number of hydrogen-bond acceptors (Lipinski definition) is 5. The third kappa shape index (κ3) is 2.54. The number of nitrogens with two attached hydrogens (primary N) is 1. The number of rotatable bonds is 3. The summed E-state index contributed by atoms with van der Waals surface area (Å²) >= 11 is 0. The first-order valence-electron chi connectivity index (χ1n) is 7.10. The zero-order valence-corrected chi connectivity index (χ0v) is 12.7. The van der Waals surface area contributed by atoms with Crippen molar-refractivity contribution in [1.29, 1.82) is 0 Å². The van der Waals surface area contributed by atoms with E-state index in [1.165, 1.54) is 0 Å². The number of nitrogens with zero attached hydrogens (tertiary/aromatic N) is 2. The molecule has 0 amide bonds. The molecule has 0 saturated carbocycles. The summed E-state index contributed by atoms with van der Waals surface area (Å²) in [4.78, 5) is 6.87. The highest BCUT2D eigenvalue weighted by Crippen LogP contribution is 2.31. The molecule has 5 heteroatoms. The minimum atomic E-state index is 0.0829. The van der Waals surface area contributed by atoms with Crippen LogP contribution in [0.15, 0.2) is 24.3 Å². The highest BCUT2D eigenvalue weighted by Gasteiger charge is 2.33. The number of hydrogen-bond donors (Lipinski definition) is 1. The SMILES string of the molecule is COC1CN(c2cc(C)nc3ccc(N)cc23)CC1OC. The Morgan fingerprint density at radius 3 is 2.43 bits per heavy atom. The minimum Gasteiger partial charge on any atom is -0.399 e. The van der Waals surface area contributed by atoms with Gasteiger partial charge in [-0.3, -0.25) is 4.98 Å². The van der Waals surface area contributed by atoms with E-state index in [0.717, 1.165) is 41.1 Å². The molecule has 2 atom stereocenters. The Kier molecular flexibility index (Phi) is 3.69. The molecular formula is C16H21N3O2. The third-order valence-electron chi connectivity index (χ3n) is 4.10. The van der Waals surface area contributed by atoms with Crippen molar-refractivity contribution in [2.45, 2.75) is 19.1 Å². The number of fused-ring (bicyclic) bond motifs is 1. The second-order valence-corrected chi connectivity index (χ2v) is 5.51. The molecule has 21 heavy (non-hydrogen) atoms. The molecule has 2 aromatic rings. The second kappa shape index (κ2) is 5.50. The van der Waals surface area contributed by atoms with E-state index >= 15 is 0 Å². The van der Waals surface area contributed by atoms with Gasteiger partial charge < -0.3 is 20.1 Å². The van der Waals surface area contributed by atoms with Crippen LogP contribution in [-0.2, 0) is 9.47 Å². The van der Waals surface area contributed by atoms with Crippen molar-refractivity contribution in [2.75, 3.05) is 37.9 Å². The molecule has 3 rings (SSSR count). The predicted octanol–water partition coefficient (Wildman–Crippen LogP) is 1.98. The topological polar surface area (TPSA) is 60.6 Å². The summed E-state index contributed by atoms with van der Waals surface area (Å²) in [6.07, 6.45) is 0.166.